The zero-order chi connectivity index (χ0) is 62.7. The van der Waals surface area contributed by atoms with E-state index in [0.29, 0.717) is 45.3 Å². The van der Waals surface area contributed by atoms with E-state index in [9.17, 15) is 5.11 Å². The van der Waals surface area contributed by atoms with Crippen LogP contribution in [0.5, 0.6) is 5.75 Å². The predicted octanol–water partition coefficient (Wildman–Crippen LogP) is 16.6. The number of benzene rings is 6. The fourth-order valence-corrected chi connectivity index (χ4v) is 8.13. The smallest absolute Gasteiger partial charge is 0.148 e. The summed E-state index contributed by atoms with van der Waals surface area (Å²) in [7, 11) is 0. The van der Waals surface area contributed by atoms with Gasteiger partial charge in [0.25, 0.3) is 0 Å². The van der Waals surface area contributed by atoms with Crippen LogP contribution < -0.4 is 0 Å². The Kier molecular flexibility index (Phi) is 7.94. The average Bonchev–Trinajstić information content (AvgIpc) is 3.94. The third-order valence-electron chi connectivity index (χ3n) is 11.9. The summed E-state index contributed by atoms with van der Waals surface area (Å²) >= 11 is 0. The normalized spacial score (nSPS) is 18.0. The first kappa shape index (κ1) is 29.2. The third-order valence-corrected chi connectivity index (χ3v) is 11.9. The van der Waals surface area contributed by atoms with Crippen LogP contribution in [0, 0.1) is 6.07 Å². The minimum absolute atomic E-state index is 0. The summed E-state index contributed by atoms with van der Waals surface area (Å²) in [4.78, 5) is 10.00. The molecule has 0 aliphatic rings. The molecule has 0 saturated heterocycles. The van der Waals surface area contributed by atoms with Gasteiger partial charge in [-0.25, -0.2) is 4.98 Å². The molecule has 1 N–H and O–H groups in total. The van der Waals surface area contributed by atoms with Gasteiger partial charge in [0.1, 0.15) is 11.6 Å². The molecule has 0 saturated carbocycles. The van der Waals surface area contributed by atoms with Crippen molar-refractivity contribution in [3.8, 4) is 67.5 Å². The summed E-state index contributed by atoms with van der Waals surface area (Å²) in [6.45, 7) is -8.87. The first-order chi connectivity index (χ1) is 38.3. The molecular weight excluding hydrogens is 986 g/mol. The number of imidazole rings is 1. The maximum Gasteiger partial charge on any atom is 0.148 e. The molecule has 0 atom stereocenters. The van der Waals surface area contributed by atoms with Crippen molar-refractivity contribution in [1.29, 1.82) is 0 Å². The van der Waals surface area contributed by atoms with Gasteiger partial charge in [0, 0.05) is 70.1 Å². The summed E-state index contributed by atoms with van der Waals surface area (Å²) in [6, 6.07) is 39.7. The van der Waals surface area contributed by atoms with Crippen LogP contribution in [0.4, 0.5) is 0 Å². The van der Waals surface area contributed by atoms with Gasteiger partial charge in [0.05, 0.1) is 22.3 Å². The van der Waals surface area contributed by atoms with Crippen molar-refractivity contribution in [3.63, 3.8) is 0 Å². The standard InChI is InChI=1S/C61H66N3O.Pt/c1-38(2)39-23-25-40(26-24-39)42-29-30-62-52(34-42)44-31-43(32-46(33-44)59(6,7)8)48-21-18-22-54-55(48)63-57(50-36-47(60(9,10)11)37-51(56(50)65)61(12,13)14)64(54)53-28-27-45(58(3,4)5)35-49(53)41-19-16-15-17-20-41;/h15-30,32-38,65H,1-14H3;/q-1;/i9D3,10D3,11D3,12D3,13D3,14D3,38D;. The van der Waals surface area contributed by atoms with E-state index >= 15 is 0 Å². The first-order valence-electron chi connectivity index (χ1n) is 31.0. The van der Waals surface area contributed by atoms with E-state index < -0.39 is 96.9 Å². The molecule has 6 aromatic carbocycles. The molecule has 0 aliphatic heterocycles. The Morgan fingerprint density at radius 1 is 0.591 bits per heavy atom. The SMILES string of the molecule is [2H]C(C)(C)c1ccc(-c2ccnc(-c3[c-]c(-c4cccc5c4nc(-c4cc(C(C([2H])([2H])[2H])(C([2H])([2H])[2H])C([2H])([2H])[2H])cc(C(C([2H])([2H])[2H])(C([2H])([2H])[2H])C([2H])([2H])[2H])c4O)n5-c4ccc(C(C)(C)C)cc4-c4ccccc4)cc(C(C)(C)C)c3)c2)cc1.[Pt]. The van der Waals surface area contributed by atoms with Crippen LogP contribution in [0.15, 0.2) is 134 Å². The molecule has 0 unspecified atom stereocenters. The van der Waals surface area contributed by atoms with E-state index in [2.05, 4.69) is 6.07 Å². The summed E-state index contributed by atoms with van der Waals surface area (Å²) in [6.07, 6.45) is 1.68. The predicted molar refractivity (Wildman–Crippen MR) is 275 cm³/mol. The summed E-state index contributed by atoms with van der Waals surface area (Å²) in [5, 5.41) is 13.1. The molecule has 342 valence electrons. The van der Waals surface area contributed by atoms with Crippen molar-refractivity contribution in [2.24, 2.45) is 0 Å². The van der Waals surface area contributed by atoms with Gasteiger partial charge in [-0.2, -0.15) is 0 Å². The fourth-order valence-electron chi connectivity index (χ4n) is 8.13. The van der Waals surface area contributed by atoms with Crippen LogP contribution >= 0.6 is 0 Å². The van der Waals surface area contributed by atoms with E-state index in [0.717, 1.165) is 33.9 Å². The first-order valence-corrected chi connectivity index (χ1v) is 21.5. The van der Waals surface area contributed by atoms with E-state index in [1.807, 2.05) is 146 Å². The number of fused-ring (bicyclic) bond motifs is 1. The van der Waals surface area contributed by atoms with Crippen molar-refractivity contribution in [1.82, 2.24) is 14.5 Å². The Balaban J connectivity index is 0.0000104. The molecule has 66 heavy (non-hydrogen) atoms. The molecule has 0 amide bonds. The fraction of sp³-hybridized carbons (Fsp3) is 0.311. The van der Waals surface area contributed by atoms with Crippen LogP contribution in [0.25, 0.3) is 72.7 Å². The van der Waals surface area contributed by atoms with Gasteiger partial charge < -0.3 is 5.11 Å². The molecule has 0 radical (unpaired) electrons. The molecule has 0 spiro atoms. The molecule has 4 nitrogen and oxygen atoms in total. The van der Waals surface area contributed by atoms with Crippen LogP contribution in [0.2, 0.25) is 0 Å². The molecule has 8 aromatic rings. The van der Waals surface area contributed by atoms with Crippen molar-refractivity contribution < 1.29 is 52.2 Å². The average molecular weight is 1070 g/mol. The number of hydrogen-bond donors (Lipinski definition) is 1. The van der Waals surface area contributed by atoms with Gasteiger partial charge in [-0.1, -0.05) is 193 Å². The number of phenols is 1. The molecule has 0 bridgehead atoms. The number of hydrogen-bond acceptors (Lipinski definition) is 3. The zero-order valence-electron chi connectivity index (χ0n) is 57.3. The van der Waals surface area contributed by atoms with Crippen LogP contribution in [0.1, 0.15) is 156 Å². The molecular formula is C61H66N3OPt-. The summed E-state index contributed by atoms with van der Waals surface area (Å²) < 4.78 is 168. The molecule has 0 aliphatic carbocycles. The number of aromatic nitrogens is 3. The Morgan fingerprint density at radius 2 is 1.24 bits per heavy atom. The van der Waals surface area contributed by atoms with Crippen LogP contribution in [0.3, 0.4) is 0 Å². The van der Waals surface area contributed by atoms with Gasteiger partial charge in [-0.3, -0.25) is 9.55 Å². The number of nitrogens with zero attached hydrogens (tertiary/aromatic N) is 3. The monoisotopic (exact) mass is 1070 g/mol. The van der Waals surface area contributed by atoms with Crippen molar-refractivity contribution in [3.05, 3.63) is 167 Å². The minimum Gasteiger partial charge on any atom is -0.507 e. The Bertz CT molecular complexity index is 3700. The maximum atomic E-state index is 13.1. The summed E-state index contributed by atoms with van der Waals surface area (Å²) in [5.74, 6) is -2.60. The number of aromatic hydroxyl groups is 1. The number of pyridine rings is 1. The third kappa shape index (κ3) is 9.63. The van der Waals surface area contributed by atoms with Gasteiger partial charge in [0.2, 0.25) is 0 Å². The number of rotatable bonds is 7. The second-order valence-electron chi connectivity index (χ2n) is 19.2. The van der Waals surface area contributed by atoms with Gasteiger partial charge in [-0.15, -0.1) is 29.3 Å². The molecule has 0 fully saturated rings. The number of para-hydroxylation sites is 1. The molecule has 8 rings (SSSR count). The molecule has 5 heteroatoms. The quantitative estimate of drug-likeness (QED) is 0.162. The van der Waals surface area contributed by atoms with Gasteiger partial charge in [0.15, 0.2) is 0 Å². The largest absolute Gasteiger partial charge is 0.507 e. The van der Waals surface area contributed by atoms with E-state index in [4.69, 9.17) is 36.0 Å². The second-order valence-corrected chi connectivity index (χ2v) is 19.2. The van der Waals surface area contributed by atoms with Crippen molar-refractivity contribution in [2.75, 3.05) is 0 Å². The van der Waals surface area contributed by atoms with E-state index in [-0.39, 0.29) is 32.1 Å². The van der Waals surface area contributed by atoms with E-state index in [1.165, 1.54) is 4.57 Å². The number of phenolic OH excluding ortho intramolecular Hbond substituents is 1. The molecule has 2 heterocycles. The van der Waals surface area contributed by atoms with Crippen molar-refractivity contribution >= 4 is 11.0 Å². The second kappa shape index (κ2) is 17.9. The zero-order valence-corrected chi connectivity index (χ0v) is 40.6. The Labute approximate surface area is 435 Å². The Hall–Kier alpha value is -5.57. The maximum absolute atomic E-state index is 13.1. The van der Waals surface area contributed by atoms with Gasteiger partial charge in [-0.05, 0) is 91.3 Å². The van der Waals surface area contributed by atoms with Crippen molar-refractivity contribution in [2.45, 2.75) is 124 Å². The minimum atomic E-state index is -4.15. The summed E-state index contributed by atoms with van der Waals surface area (Å²) in [5.41, 5.74) is -4.48. The van der Waals surface area contributed by atoms with E-state index in [1.54, 1.807) is 30.5 Å². The Morgan fingerprint density at radius 3 is 1.89 bits per heavy atom. The van der Waals surface area contributed by atoms with Crippen LogP contribution in [-0.4, -0.2) is 19.6 Å². The topological polar surface area (TPSA) is 50.9 Å². The molecule has 2 aromatic heterocycles. The van der Waals surface area contributed by atoms with Crippen LogP contribution in [-0.2, 0) is 42.7 Å². The van der Waals surface area contributed by atoms with Gasteiger partial charge >= 0.3 is 0 Å².